The Hall–Kier alpha value is -2.62. The van der Waals surface area contributed by atoms with Crippen molar-refractivity contribution in [3.63, 3.8) is 0 Å². The van der Waals surface area contributed by atoms with E-state index in [1.165, 1.54) is 22.8 Å². The van der Waals surface area contributed by atoms with Crippen molar-refractivity contribution in [1.29, 1.82) is 0 Å². The Morgan fingerprint density at radius 2 is 1.62 bits per heavy atom. The molecule has 0 aromatic heterocycles. The highest BCUT2D eigenvalue weighted by Gasteiger charge is 2.34. The predicted molar refractivity (Wildman–Crippen MR) is 110 cm³/mol. The number of nitrogens with one attached hydrogen (secondary N) is 1. The van der Waals surface area contributed by atoms with Gasteiger partial charge in [-0.25, -0.2) is 0 Å². The number of methoxy groups -OCH3 is 2. The van der Waals surface area contributed by atoms with Crippen LogP contribution < -0.4 is 14.8 Å². The zero-order valence-corrected chi connectivity index (χ0v) is 17.3. The van der Waals surface area contributed by atoms with Gasteiger partial charge < -0.3 is 14.8 Å². The molecule has 2 aromatic carbocycles. The molecule has 1 aliphatic heterocycles. The zero-order chi connectivity index (χ0) is 20.9. The summed E-state index contributed by atoms with van der Waals surface area (Å²) < 4.78 is 38.9. The maximum Gasteiger partial charge on any atom is 0.282 e. The van der Waals surface area contributed by atoms with E-state index in [1.54, 1.807) is 18.2 Å². The van der Waals surface area contributed by atoms with E-state index in [4.69, 9.17) is 9.47 Å². The number of ether oxygens (including phenoxy) is 2. The maximum absolute atomic E-state index is 12.9. The van der Waals surface area contributed by atoms with Crippen LogP contribution in [0.1, 0.15) is 12.0 Å². The molecule has 9 heteroatoms. The van der Waals surface area contributed by atoms with E-state index < -0.39 is 16.1 Å². The van der Waals surface area contributed by atoms with Crippen molar-refractivity contribution in [2.45, 2.75) is 13.0 Å². The third-order valence-electron chi connectivity index (χ3n) is 4.62. The van der Waals surface area contributed by atoms with E-state index in [2.05, 4.69) is 5.32 Å². The van der Waals surface area contributed by atoms with Crippen molar-refractivity contribution in [2.75, 3.05) is 39.2 Å². The smallest absolute Gasteiger partial charge is 0.282 e. The molecule has 3 rings (SSSR count). The Morgan fingerprint density at radius 3 is 2.24 bits per heavy atom. The van der Waals surface area contributed by atoms with Crippen LogP contribution in [0.25, 0.3) is 0 Å². The van der Waals surface area contributed by atoms with Crippen LogP contribution in [0.3, 0.4) is 0 Å². The Balaban J connectivity index is 1.68. The van der Waals surface area contributed by atoms with Gasteiger partial charge in [-0.2, -0.15) is 17.0 Å². The molecule has 0 radical (unpaired) electrons. The molecule has 0 atom stereocenters. The quantitative estimate of drug-likeness (QED) is 0.743. The maximum atomic E-state index is 12.9. The molecule has 0 spiro atoms. The minimum absolute atomic E-state index is 0.257. The summed E-state index contributed by atoms with van der Waals surface area (Å²) in [6.45, 7) is 0.770. The average Bonchev–Trinajstić information content (AvgIpc) is 2.71. The first-order valence-electron chi connectivity index (χ1n) is 9.24. The molecule has 0 bridgehead atoms. The fourth-order valence-electron chi connectivity index (χ4n) is 3.17. The van der Waals surface area contributed by atoms with Gasteiger partial charge in [0.05, 0.1) is 20.8 Å². The molecule has 1 fully saturated rings. The van der Waals surface area contributed by atoms with Crippen molar-refractivity contribution < 1.29 is 22.7 Å². The highest BCUT2D eigenvalue weighted by atomic mass is 32.2. The molecular weight excluding hydrogens is 394 g/mol. The van der Waals surface area contributed by atoms with Crippen molar-refractivity contribution in [3.05, 3.63) is 54.1 Å². The SMILES string of the molecule is COc1cc(NC(=O)CN2CCCN(Cc3ccccc3)S2(=O)=O)cc(OC)c1. The largest absolute Gasteiger partial charge is 0.497 e. The van der Waals surface area contributed by atoms with Gasteiger partial charge in [-0.05, 0) is 12.0 Å². The molecule has 1 amide bonds. The number of hydrogen-bond acceptors (Lipinski definition) is 5. The number of anilines is 1. The van der Waals surface area contributed by atoms with Crippen molar-refractivity contribution in [2.24, 2.45) is 0 Å². The van der Waals surface area contributed by atoms with Crippen molar-refractivity contribution in [1.82, 2.24) is 8.61 Å². The molecule has 1 heterocycles. The van der Waals surface area contributed by atoms with Gasteiger partial charge in [0.1, 0.15) is 11.5 Å². The monoisotopic (exact) mass is 419 g/mol. The number of amides is 1. The second-order valence-corrected chi connectivity index (χ2v) is 8.59. The molecule has 1 aliphatic rings. The Morgan fingerprint density at radius 1 is 1.00 bits per heavy atom. The summed E-state index contributed by atoms with van der Waals surface area (Å²) in [5.41, 5.74) is 1.38. The van der Waals surface area contributed by atoms with Crippen LogP contribution in [-0.4, -0.2) is 56.8 Å². The van der Waals surface area contributed by atoms with Crippen molar-refractivity contribution >= 4 is 21.8 Å². The van der Waals surface area contributed by atoms with E-state index >= 15 is 0 Å². The fourth-order valence-corrected chi connectivity index (χ4v) is 4.80. The first kappa shape index (κ1) is 21.1. The standard InChI is InChI=1S/C20H25N3O5S/c1-27-18-11-17(12-19(13-18)28-2)21-20(24)15-23-10-6-9-22(29(23,25)26)14-16-7-4-3-5-8-16/h3-5,7-8,11-13H,6,9-10,14-15H2,1-2H3,(H,21,24). The average molecular weight is 420 g/mol. The molecule has 0 aliphatic carbocycles. The number of rotatable bonds is 7. The summed E-state index contributed by atoms with van der Waals surface area (Å²) in [6.07, 6.45) is 0.659. The van der Waals surface area contributed by atoms with Crippen LogP contribution in [0.15, 0.2) is 48.5 Å². The van der Waals surface area contributed by atoms with Crippen LogP contribution in [0.4, 0.5) is 5.69 Å². The number of hydrogen-bond donors (Lipinski definition) is 1. The van der Waals surface area contributed by atoms with Gasteiger partial charge in [0.2, 0.25) is 5.91 Å². The van der Waals surface area contributed by atoms with Gasteiger partial charge in [0, 0.05) is 43.5 Å². The highest BCUT2D eigenvalue weighted by Crippen LogP contribution is 2.26. The molecule has 29 heavy (non-hydrogen) atoms. The van der Waals surface area contributed by atoms with Crippen LogP contribution in [0.2, 0.25) is 0 Å². The Kier molecular flexibility index (Phi) is 6.73. The van der Waals surface area contributed by atoms with Crippen LogP contribution >= 0.6 is 0 Å². The van der Waals surface area contributed by atoms with Gasteiger partial charge in [-0.3, -0.25) is 4.79 Å². The molecule has 0 unspecified atom stereocenters. The fraction of sp³-hybridized carbons (Fsp3) is 0.350. The first-order valence-corrected chi connectivity index (χ1v) is 10.6. The van der Waals surface area contributed by atoms with Gasteiger partial charge in [-0.15, -0.1) is 0 Å². The second-order valence-electron chi connectivity index (χ2n) is 6.66. The van der Waals surface area contributed by atoms with Crippen molar-refractivity contribution in [3.8, 4) is 11.5 Å². The van der Waals surface area contributed by atoms with E-state index in [-0.39, 0.29) is 13.1 Å². The topological polar surface area (TPSA) is 88.2 Å². The first-order chi connectivity index (χ1) is 13.9. The molecule has 0 saturated carbocycles. The third-order valence-corrected chi connectivity index (χ3v) is 6.55. The van der Waals surface area contributed by atoms with E-state index in [0.717, 1.165) is 5.56 Å². The van der Waals surface area contributed by atoms with E-state index in [0.29, 0.717) is 36.7 Å². The predicted octanol–water partition coefficient (Wildman–Crippen LogP) is 2.09. The lowest BCUT2D eigenvalue weighted by molar-refractivity contribution is -0.116. The summed E-state index contributed by atoms with van der Waals surface area (Å²) >= 11 is 0. The molecule has 1 saturated heterocycles. The highest BCUT2D eigenvalue weighted by molar-refractivity contribution is 7.86. The minimum Gasteiger partial charge on any atom is -0.497 e. The normalized spacial score (nSPS) is 16.9. The lowest BCUT2D eigenvalue weighted by Crippen LogP contribution is -2.51. The number of carbonyl (C=O) groups is 1. The van der Waals surface area contributed by atoms with Crippen LogP contribution in [-0.2, 0) is 21.5 Å². The number of nitrogens with zero attached hydrogens (tertiary/aromatic N) is 2. The summed E-state index contributed by atoms with van der Waals surface area (Å²) in [5.74, 6) is 0.629. The minimum atomic E-state index is -3.72. The zero-order valence-electron chi connectivity index (χ0n) is 16.5. The molecular formula is C20H25N3O5S. The van der Waals surface area contributed by atoms with Gasteiger partial charge in [-0.1, -0.05) is 30.3 Å². The van der Waals surface area contributed by atoms with E-state index in [9.17, 15) is 13.2 Å². The number of carbonyl (C=O) groups excluding carboxylic acids is 1. The van der Waals surface area contributed by atoms with Gasteiger partial charge in [0.25, 0.3) is 10.2 Å². The summed E-state index contributed by atoms with van der Waals surface area (Å²) in [5, 5.41) is 2.72. The summed E-state index contributed by atoms with van der Waals surface area (Å²) in [7, 11) is -0.687. The molecule has 2 aromatic rings. The lowest BCUT2D eigenvalue weighted by atomic mass is 10.2. The number of benzene rings is 2. The summed E-state index contributed by atoms with van der Waals surface area (Å²) in [4.78, 5) is 12.5. The lowest BCUT2D eigenvalue weighted by Gasteiger charge is -2.34. The molecule has 1 N–H and O–H groups in total. The van der Waals surface area contributed by atoms with Gasteiger partial charge in [0.15, 0.2) is 0 Å². The van der Waals surface area contributed by atoms with Gasteiger partial charge >= 0.3 is 0 Å². The summed E-state index contributed by atoms with van der Waals surface area (Å²) in [6, 6.07) is 14.4. The van der Waals surface area contributed by atoms with Crippen LogP contribution in [0, 0.1) is 0 Å². The molecule has 8 nitrogen and oxygen atoms in total. The Bertz CT molecular complexity index is 928. The molecule has 156 valence electrons. The second kappa shape index (κ2) is 9.25. The van der Waals surface area contributed by atoms with Crippen LogP contribution in [0.5, 0.6) is 11.5 Å². The third kappa shape index (κ3) is 5.26. The van der Waals surface area contributed by atoms with E-state index in [1.807, 2.05) is 30.3 Å². The Labute approximate surface area is 171 Å².